The first-order valence-electron chi connectivity index (χ1n) is 12.8. The topological polar surface area (TPSA) is 81.8 Å². The first-order valence-corrected chi connectivity index (χ1v) is 12.8. The molecule has 0 spiro atoms. The zero-order valence-electron chi connectivity index (χ0n) is 22.0. The molecule has 1 aliphatic rings. The van der Waals surface area contributed by atoms with E-state index in [9.17, 15) is 14.4 Å². The monoisotopic (exact) mass is 492 g/mol. The van der Waals surface area contributed by atoms with Crippen LogP contribution in [-0.4, -0.2) is 72.8 Å². The highest BCUT2D eigenvalue weighted by atomic mass is 16.2. The van der Waals surface area contributed by atoms with Crippen LogP contribution in [0.5, 0.6) is 0 Å². The molecule has 36 heavy (non-hydrogen) atoms. The molecule has 1 saturated heterocycles. The average Bonchev–Trinajstić information content (AvgIpc) is 3.33. The van der Waals surface area contributed by atoms with Crippen LogP contribution in [0.15, 0.2) is 60.7 Å². The van der Waals surface area contributed by atoms with Crippen molar-refractivity contribution in [3.8, 4) is 0 Å². The van der Waals surface area contributed by atoms with Crippen molar-refractivity contribution in [2.75, 3.05) is 33.2 Å². The van der Waals surface area contributed by atoms with E-state index in [0.717, 1.165) is 19.3 Å². The van der Waals surface area contributed by atoms with Gasteiger partial charge in [0.05, 0.1) is 6.54 Å². The molecule has 0 saturated carbocycles. The van der Waals surface area contributed by atoms with Gasteiger partial charge in [-0.25, -0.2) is 0 Å². The third-order valence-electron chi connectivity index (χ3n) is 6.67. The number of amides is 3. The molecule has 1 fully saturated rings. The van der Waals surface area contributed by atoms with Crippen LogP contribution < -0.4 is 10.6 Å². The largest absolute Gasteiger partial charge is 0.343 e. The lowest BCUT2D eigenvalue weighted by Crippen LogP contribution is -2.58. The first kappa shape index (κ1) is 27.4. The van der Waals surface area contributed by atoms with Crippen LogP contribution >= 0.6 is 0 Å². The van der Waals surface area contributed by atoms with E-state index in [-0.39, 0.29) is 30.3 Å². The normalized spacial score (nSPS) is 16.4. The van der Waals surface area contributed by atoms with Gasteiger partial charge in [0.15, 0.2) is 0 Å². The number of hydrogen-bond acceptors (Lipinski definition) is 4. The molecule has 0 aliphatic carbocycles. The first-order chi connectivity index (χ1) is 17.2. The van der Waals surface area contributed by atoms with Crippen molar-refractivity contribution in [2.45, 2.75) is 52.1 Å². The molecule has 3 amide bonds. The molecule has 1 aliphatic heterocycles. The summed E-state index contributed by atoms with van der Waals surface area (Å²) >= 11 is 0. The number of carbonyl (C=O) groups excluding carboxylic acids is 3. The Kier molecular flexibility index (Phi) is 9.65. The van der Waals surface area contributed by atoms with E-state index in [1.807, 2.05) is 79.1 Å². The Morgan fingerprint density at radius 1 is 1.03 bits per heavy atom. The molecule has 7 nitrogen and oxygen atoms in total. The summed E-state index contributed by atoms with van der Waals surface area (Å²) in [5.74, 6) is -0.310. The zero-order chi connectivity index (χ0) is 26.1. The van der Waals surface area contributed by atoms with E-state index < -0.39 is 11.5 Å². The molecular formula is C29H40N4O3. The molecule has 0 bridgehead atoms. The Hall–Kier alpha value is -3.19. The minimum absolute atomic E-state index is 0.0273. The third-order valence-corrected chi connectivity index (χ3v) is 6.67. The molecular weight excluding hydrogens is 452 g/mol. The summed E-state index contributed by atoms with van der Waals surface area (Å²) in [5, 5.41) is 5.77. The van der Waals surface area contributed by atoms with E-state index in [0.29, 0.717) is 25.2 Å². The molecule has 0 radical (unpaired) electrons. The lowest BCUT2D eigenvalue weighted by molar-refractivity contribution is -0.140. The maximum Gasteiger partial charge on any atom is 0.253 e. The maximum atomic E-state index is 13.7. The Morgan fingerprint density at radius 3 is 2.28 bits per heavy atom. The highest BCUT2D eigenvalue weighted by Crippen LogP contribution is 2.26. The summed E-state index contributed by atoms with van der Waals surface area (Å²) in [6, 6.07) is 18.7. The standard InChI is InChI=1S/C29H40N4O3/c1-29(2,3)26(31-25(34)20-30-4)28(36)33-18-11-16-24(33)21-32(19-17-22-12-7-5-8-13-22)27(35)23-14-9-6-10-15-23/h5-10,12-15,24,26,30H,11,16-21H2,1-4H3,(H,31,34). The van der Waals surface area contributed by atoms with Crippen molar-refractivity contribution < 1.29 is 14.4 Å². The highest BCUT2D eigenvalue weighted by Gasteiger charge is 2.40. The smallest absolute Gasteiger partial charge is 0.253 e. The third kappa shape index (κ3) is 7.40. The Balaban J connectivity index is 1.79. The van der Waals surface area contributed by atoms with Crippen molar-refractivity contribution in [3.05, 3.63) is 71.8 Å². The number of hydrogen-bond donors (Lipinski definition) is 2. The van der Waals surface area contributed by atoms with Crippen molar-refractivity contribution in [1.82, 2.24) is 20.4 Å². The van der Waals surface area contributed by atoms with Crippen molar-refractivity contribution >= 4 is 17.7 Å². The van der Waals surface area contributed by atoms with Crippen LogP contribution in [-0.2, 0) is 16.0 Å². The number of nitrogens with one attached hydrogen (secondary N) is 2. The second-order valence-corrected chi connectivity index (χ2v) is 10.6. The van der Waals surface area contributed by atoms with Crippen LogP contribution in [0.2, 0.25) is 0 Å². The summed E-state index contributed by atoms with van der Waals surface area (Å²) in [5.41, 5.74) is 1.37. The van der Waals surface area contributed by atoms with E-state index in [4.69, 9.17) is 0 Å². The molecule has 2 N–H and O–H groups in total. The highest BCUT2D eigenvalue weighted by molar-refractivity contribution is 5.94. The minimum atomic E-state index is -0.637. The van der Waals surface area contributed by atoms with E-state index >= 15 is 0 Å². The van der Waals surface area contributed by atoms with Gasteiger partial charge in [-0.3, -0.25) is 14.4 Å². The molecule has 2 atom stereocenters. The number of benzene rings is 2. The van der Waals surface area contributed by atoms with Crippen LogP contribution in [0.4, 0.5) is 0 Å². The van der Waals surface area contributed by atoms with Crippen LogP contribution in [0, 0.1) is 5.41 Å². The van der Waals surface area contributed by atoms with Gasteiger partial charge in [-0.05, 0) is 49.4 Å². The van der Waals surface area contributed by atoms with E-state index in [1.54, 1.807) is 7.05 Å². The Morgan fingerprint density at radius 2 is 1.67 bits per heavy atom. The summed E-state index contributed by atoms with van der Waals surface area (Å²) < 4.78 is 0. The summed E-state index contributed by atoms with van der Waals surface area (Å²) in [6.07, 6.45) is 2.45. The summed E-state index contributed by atoms with van der Waals surface area (Å²) in [4.78, 5) is 43.3. The molecule has 2 unspecified atom stereocenters. The van der Waals surface area contributed by atoms with Crippen molar-refractivity contribution in [2.24, 2.45) is 5.41 Å². The molecule has 0 aromatic heterocycles. The fraction of sp³-hybridized carbons (Fsp3) is 0.483. The molecule has 194 valence electrons. The van der Waals surface area contributed by atoms with Gasteiger partial charge in [0.1, 0.15) is 6.04 Å². The van der Waals surface area contributed by atoms with Crippen LogP contribution in [0.1, 0.15) is 49.5 Å². The molecule has 1 heterocycles. The summed E-state index contributed by atoms with van der Waals surface area (Å²) in [7, 11) is 1.71. The molecule has 7 heteroatoms. The van der Waals surface area contributed by atoms with Gasteiger partial charge in [0.2, 0.25) is 11.8 Å². The van der Waals surface area contributed by atoms with Crippen molar-refractivity contribution in [1.29, 1.82) is 0 Å². The lowest BCUT2D eigenvalue weighted by Gasteiger charge is -2.37. The second kappa shape index (κ2) is 12.7. The van der Waals surface area contributed by atoms with Gasteiger partial charge < -0.3 is 20.4 Å². The molecule has 2 aromatic rings. The van der Waals surface area contributed by atoms with Gasteiger partial charge in [0.25, 0.3) is 5.91 Å². The number of rotatable bonds is 10. The SMILES string of the molecule is CNCC(=O)NC(C(=O)N1CCCC1CN(CCc1ccccc1)C(=O)c1ccccc1)C(C)(C)C. The van der Waals surface area contributed by atoms with E-state index in [2.05, 4.69) is 22.8 Å². The van der Waals surface area contributed by atoms with Gasteiger partial charge >= 0.3 is 0 Å². The number of likely N-dealkylation sites (N-methyl/N-ethyl adjacent to an activating group) is 1. The average molecular weight is 493 g/mol. The number of carbonyl (C=O) groups is 3. The van der Waals surface area contributed by atoms with Gasteiger partial charge in [-0.2, -0.15) is 0 Å². The Bertz CT molecular complexity index is 1000. The second-order valence-electron chi connectivity index (χ2n) is 10.6. The molecule has 3 rings (SSSR count). The fourth-order valence-corrected chi connectivity index (χ4v) is 4.70. The van der Waals surface area contributed by atoms with Gasteiger partial charge in [-0.15, -0.1) is 0 Å². The quantitative estimate of drug-likeness (QED) is 0.534. The predicted molar refractivity (Wildman–Crippen MR) is 143 cm³/mol. The number of nitrogens with zero attached hydrogens (tertiary/aromatic N) is 2. The zero-order valence-corrected chi connectivity index (χ0v) is 22.0. The van der Waals surface area contributed by atoms with Crippen LogP contribution in [0.3, 0.4) is 0 Å². The summed E-state index contributed by atoms with van der Waals surface area (Å²) in [6.45, 7) is 7.71. The number of likely N-dealkylation sites (tertiary alicyclic amines) is 1. The van der Waals surface area contributed by atoms with Gasteiger partial charge in [-0.1, -0.05) is 69.3 Å². The van der Waals surface area contributed by atoms with Crippen molar-refractivity contribution in [3.63, 3.8) is 0 Å². The Labute approximate surface area is 215 Å². The fourth-order valence-electron chi connectivity index (χ4n) is 4.70. The van der Waals surface area contributed by atoms with E-state index in [1.165, 1.54) is 5.56 Å². The molecule has 2 aromatic carbocycles. The van der Waals surface area contributed by atoms with Gasteiger partial charge in [0, 0.05) is 31.2 Å². The minimum Gasteiger partial charge on any atom is -0.343 e. The lowest BCUT2D eigenvalue weighted by atomic mass is 9.85. The van der Waals surface area contributed by atoms with Crippen LogP contribution in [0.25, 0.3) is 0 Å². The maximum absolute atomic E-state index is 13.7. The predicted octanol–water partition coefficient (Wildman–Crippen LogP) is 3.11.